The maximum Gasteiger partial charge on any atom is 0.416 e. The summed E-state index contributed by atoms with van der Waals surface area (Å²) < 4.78 is 45.9. The molecule has 0 saturated carbocycles. The number of rotatable bonds is 2. The number of alkyl halides is 3. The summed E-state index contributed by atoms with van der Waals surface area (Å²) in [6, 6.07) is 20.9. The molecule has 1 heterocycles. The summed E-state index contributed by atoms with van der Waals surface area (Å²) in [6.45, 7) is 0.238. The minimum atomic E-state index is -4.34. The Balaban J connectivity index is 1.70. The molecular formula is C21H15F3NO+. The molecule has 1 aliphatic heterocycles. The average Bonchev–Trinajstić information content (AvgIpc) is 2.67. The molecule has 0 saturated heterocycles. The first-order valence-electron chi connectivity index (χ1n) is 8.12. The van der Waals surface area contributed by atoms with Crippen LogP contribution in [0.15, 0.2) is 72.8 Å². The van der Waals surface area contributed by atoms with Gasteiger partial charge in [-0.1, -0.05) is 42.5 Å². The molecule has 26 heavy (non-hydrogen) atoms. The zero-order chi connectivity index (χ0) is 18.1. The summed E-state index contributed by atoms with van der Waals surface area (Å²) in [6.07, 6.45) is -2.44. The Morgan fingerprint density at radius 1 is 0.808 bits per heavy atom. The van der Waals surface area contributed by atoms with Crippen LogP contribution in [0.25, 0.3) is 11.1 Å². The predicted octanol–water partition coefficient (Wildman–Crippen LogP) is 5.49. The third-order valence-electron chi connectivity index (χ3n) is 4.30. The monoisotopic (exact) mass is 354 g/mol. The van der Waals surface area contributed by atoms with Crippen LogP contribution in [0.5, 0.6) is 5.75 Å². The zero-order valence-corrected chi connectivity index (χ0v) is 13.7. The molecule has 4 rings (SSSR count). The number of ether oxygens (including phenoxy) is 1. The minimum absolute atomic E-state index is 0.238. The fraction of sp³-hybridized carbons (Fsp3) is 0.0952. The quantitative estimate of drug-likeness (QED) is 0.555. The van der Waals surface area contributed by atoms with Gasteiger partial charge in [0.05, 0.1) is 11.1 Å². The highest BCUT2D eigenvalue weighted by Gasteiger charge is 2.31. The first-order valence-corrected chi connectivity index (χ1v) is 8.12. The van der Waals surface area contributed by atoms with Crippen molar-refractivity contribution in [3.8, 4) is 16.9 Å². The van der Waals surface area contributed by atoms with E-state index in [1.165, 1.54) is 12.1 Å². The van der Waals surface area contributed by atoms with Gasteiger partial charge < -0.3 is 4.74 Å². The summed E-state index contributed by atoms with van der Waals surface area (Å²) in [5, 5.41) is 0. The number of halogens is 3. The van der Waals surface area contributed by atoms with Crippen LogP contribution in [-0.2, 0) is 6.18 Å². The molecule has 0 radical (unpaired) electrons. The maximum atomic E-state index is 12.7. The van der Waals surface area contributed by atoms with Crippen LogP contribution >= 0.6 is 0 Å². The predicted molar refractivity (Wildman–Crippen MR) is 93.9 cm³/mol. The Labute approximate surface area is 148 Å². The third-order valence-corrected chi connectivity index (χ3v) is 4.30. The molecule has 0 unspecified atom stereocenters. The first-order chi connectivity index (χ1) is 12.5. The highest BCUT2D eigenvalue weighted by molar-refractivity contribution is 5.87. The molecule has 0 amide bonds. The van der Waals surface area contributed by atoms with E-state index in [1.54, 1.807) is 4.58 Å². The molecule has 1 aliphatic rings. The first kappa shape index (κ1) is 16.4. The van der Waals surface area contributed by atoms with Crippen molar-refractivity contribution in [3.63, 3.8) is 0 Å². The number of benzene rings is 3. The van der Waals surface area contributed by atoms with Crippen LogP contribution in [0.2, 0.25) is 0 Å². The lowest BCUT2D eigenvalue weighted by Crippen LogP contribution is -2.21. The lowest BCUT2D eigenvalue weighted by Gasteiger charge is -2.17. The second-order valence-electron chi connectivity index (χ2n) is 6.01. The molecule has 3 aromatic carbocycles. The molecule has 0 spiro atoms. The third kappa shape index (κ3) is 3.08. The van der Waals surface area contributed by atoms with Gasteiger partial charge >= 0.3 is 6.18 Å². The fourth-order valence-corrected chi connectivity index (χ4v) is 2.99. The van der Waals surface area contributed by atoms with E-state index in [1.807, 2.05) is 54.7 Å². The summed E-state index contributed by atoms with van der Waals surface area (Å²) in [5.41, 5.74) is 2.92. The van der Waals surface area contributed by atoms with Crippen molar-refractivity contribution in [1.29, 1.82) is 0 Å². The normalized spacial score (nSPS) is 13.6. The number of fused-ring (bicyclic) bond motifs is 1. The van der Waals surface area contributed by atoms with E-state index >= 15 is 0 Å². The van der Waals surface area contributed by atoms with Crippen LogP contribution in [0.1, 0.15) is 11.1 Å². The summed E-state index contributed by atoms with van der Waals surface area (Å²) in [4.78, 5) is 0. The smallest absolute Gasteiger partial charge is 0.416 e. The van der Waals surface area contributed by atoms with Gasteiger partial charge in [0.15, 0.2) is 6.21 Å². The van der Waals surface area contributed by atoms with E-state index in [2.05, 4.69) is 0 Å². The summed E-state index contributed by atoms with van der Waals surface area (Å²) in [5.74, 6) is 0.780. The molecule has 0 aliphatic carbocycles. The highest BCUT2D eigenvalue weighted by atomic mass is 19.4. The van der Waals surface area contributed by atoms with E-state index in [4.69, 9.17) is 4.74 Å². The Bertz CT molecular complexity index is 961. The highest BCUT2D eigenvalue weighted by Crippen LogP contribution is 2.35. The molecule has 0 aromatic heterocycles. The van der Waals surface area contributed by atoms with Crippen molar-refractivity contribution in [3.05, 3.63) is 83.9 Å². The number of nitrogens with zero attached hydrogens (tertiary/aromatic N) is 1. The van der Waals surface area contributed by atoms with Crippen LogP contribution < -0.4 is 4.74 Å². The minimum Gasteiger partial charge on any atom is -0.434 e. The standard InChI is InChI=1S/C21H15F3NO/c22-21(23,24)17-9-11-18(12-10-17)25-13-16-7-4-8-19(20(16)26-14-25)15-5-2-1-3-6-15/h1-13H,14H2/q+1. The summed E-state index contributed by atoms with van der Waals surface area (Å²) in [7, 11) is 0. The largest absolute Gasteiger partial charge is 0.434 e. The summed E-state index contributed by atoms with van der Waals surface area (Å²) >= 11 is 0. The van der Waals surface area contributed by atoms with Crippen molar-refractivity contribution in [2.45, 2.75) is 6.18 Å². The van der Waals surface area contributed by atoms with Gasteiger partial charge in [0.2, 0.25) is 5.69 Å². The number of hydrogen-bond acceptors (Lipinski definition) is 1. The van der Waals surface area contributed by atoms with E-state index in [0.29, 0.717) is 5.69 Å². The van der Waals surface area contributed by atoms with Gasteiger partial charge in [-0.05, 0) is 23.8 Å². The second-order valence-corrected chi connectivity index (χ2v) is 6.01. The van der Waals surface area contributed by atoms with Crippen LogP contribution in [0.4, 0.5) is 18.9 Å². The molecule has 130 valence electrons. The zero-order valence-electron chi connectivity index (χ0n) is 13.7. The van der Waals surface area contributed by atoms with Gasteiger partial charge in [0.1, 0.15) is 5.75 Å². The lowest BCUT2D eigenvalue weighted by molar-refractivity contribution is -0.476. The van der Waals surface area contributed by atoms with Gasteiger partial charge in [0.25, 0.3) is 6.73 Å². The average molecular weight is 354 g/mol. The van der Waals surface area contributed by atoms with Crippen LogP contribution in [-0.4, -0.2) is 17.5 Å². The van der Waals surface area contributed by atoms with Gasteiger partial charge in [-0.25, -0.2) is 0 Å². The molecule has 5 heteroatoms. The van der Waals surface area contributed by atoms with Crippen LogP contribution in [0.3, 0.4) is 0 Å². The SMILES string of the molecule is FC(F)(F)c1ccc([N+]2=Cc3cccc(-c4ccccc4)c3OC2)cc1. The Hall–Kier alpha value is -3.08. The molecular weight excluding hydrogens is 339 g/mol. The van der Waals surface area contributed by atoms with Crippen molar-refractivity contribution in [2.24, 2.45) is 0 Å². The van der Waals surface area contributed by atoms with Gasteiger partial charge in [-0.3, -0.25) is 0 Å². The maximum absolute atomic E-state index is 12.7. The fourth-order valence-electron chi connectivity index (χ4n) is 2.99. The van der Waals surface area contributed by atoms with Crippen molar-refractivity contribution in [1.82, 2.24) is 0 Å². The van der Waals surface area contributed by atoms with Crippen LogP contribution in [0, 0.1) is 0 Å². The number of hydrogen-bond donors (Lipinski definition) is 0. The topological polar surface area (TPSA) is 12.2 Å². The Kier molecular flexibility index (Phi) is 3.99. The van der Waals surface area contributed by atoms with E-state index in [0.717, 1.165) is 34.6 Å². The molecule has 0 bridgehead atoms. The number of para-hydroxylation sites is 1. The van der Waals surface area contributed by atoms with Gasteiger partial charge in [-0.2, -0.15) is 17.7 Å². The molecule has 0 N–H and O–H groups in total. The molecule has 3 aromatic rings. The molecule has 0 fully saturated rings. The van der Waals surface area contributed by atoms with E-state index < -0.39 is 11.7 Å². The van der Waals surface area contributed by atoms with E-state index in [9.17, 15) is 13.2 Å². The van der Waals surface area contributed by atoms with Crippen molar-refractivity contribution >= 4 is 11.9 Å². The Morgan fingerprint density at radius 2 is 1.54 bits per heavy atom. The van der Waals surface area contributed by atoms with Gasteiger partial charge in [0, 0.05) is 17.7 Å². The van der Waals surface area contributed by atoms with Gasteiger partial charge in [-0.15, -0.1) is 0 Å². The Morgan fingerprint density at radius 3 is 2.23 bits per heavy atom. The van der Waals surface area contributed by atoms with Crippen molar-refractivity contribution in [2.75, 3.05) is 6.73 Å². The van der Waals surface area contributed by atoms with E-state index in [-0.39, 0.29) is 6.73 Å². The second kappa shape index (κ2) is 6.33. The van der Waals surface area contributed by atoms with Crippen molar-refractivity contribution < 1.29 is 22.5 Å². The molecule has 2 nitrogen and oxygen atoms in total. The molecule has 0 atom stereocenters. The lowest BCUT2D eigenvalue weighted by atomic mass is 10.0.